The second-order valence-corrected chi connectivity index (χ2v) is 13.0. The Labute approximate surface area is 213 Å². The Morgan fingerprint density at radius 3 is 2.57 bits per heavy atom. The van der Waals surface area contributed by atoms with Gasteiger partial charge in [-0.05, 0) is 68.9 Å². The van der Waals surface area contributed by atoms with E-state index in [0.29, 0.717) is 40.7 Å². The summed E-state index contributed by atoms with van der Waals surface area (Å²) in [5.74, 6) is 1.14. The van der Waals surface area contributed by atoms with E-state index in [1.807, 2.05) is 0 Å². The van der Waals surface area contributed by atoms with Crippen LogP contribution in [0.1, 0.15) is 67.1 Å². The van der Waals surface area contributed by atoms with E-state index in [2.05, 4.69) is 17.6 Å². The van der Waals surface area contributed by atoms with Gasteiger partial charge in [0.25, 0.3) is 15.9 Å². The standard InChI is InChI=1S/C26H37N3O4S2/c1-19(20-7-4-3-5-8-20)28-22-13-15-29(16-14-22)35(31,32)25-12-11-24(34-25)18-27-26(30)21-9-6-10-23(17-21)33-2/h6,9-12,17,19-20,22,28H,3-5,7-8,13-16,18H2,1-2H3,(H,27,30)/t19-/m1/s1. The van der Waals surface area contributed by atoms with Crippen LogP contribution < -0.4 is 15.4 Å². The molecule has 4 rings (SSSR count). The molecule has 1 saturated carbocycles. The molecule has 1 amide bonds. The van der Waals surface area contributed by atoms with Crippen LogP contribution in [0.2, 0.25) is 0 Å². The molecule has 2 heterocycles. The quantitative estimate of drug-likeness (QED) is 0.513. The molecule has 2 N–H and O–H groups in total. The van der Waals surface area contributed by atoms with Crippen LogP contribution in [0, 0.1) is 5.92 Å². The number of benzene rings is 1. The number of hydrogen-bond acceptors (Lipinski definition) is 6. The zero-order chi connectivity index (χ0) is 24.8. The van der Waals surface area contributed by atoms with Crippen molar-refractivity contribution in [2.75, 3.05) is 20.2 Å². The molecule has 0 unspecified atom stereocenters. The number of carbonyl (C=O) groups excluding carboxylic acids is 1. The normalized spacial score (nSPS) is 19.4. The first-order valence-corrected chi connectivity index (χ1v) is 14.9. The van der Waals surface area contributed by atoms with E-state index >= 15 is 0 Å². The van der Waals surface area contributed by atoms with E-state index in [9.17, 15) is 13.2 Å². The number of nitrogens with one attached hydrogen (secondary N) is 2. The molecule has 2 aliphatic rings. The molecule has 192 valence electrons. The second-order valence-electron chi connectivity index (χ2n) is 9.67. The molecule has 1 aliphatic heterocycles. The van der Waals surface area contributed by atoms with Crippen LogP contribution in [0.4, 0.5) is 0 Å². The van der Waals surface area contributed by atoms with Gasteiger partial charge in [-0.15, -0.1) is 11.3 Å². The lowest BCUT2D eigenvalue weighted by Crippen LogP contribution is -2.48. The number of ether oxygens (including phenoxy) is 1. The molecule has 1 aromatic carbocycles. The average molecular weight is 520 g/mol. The fourth-order valence-electron chi connectivity index (χ4n) is 5.16. The Bertz CT molecular complexity index is 1090. The molecule has 35 heavy (non-hydrogen) atoms. The number of rotatable bonds is 9. The second kappa shape index (κ2) is 11.9. The predicted octanol–water partition coefficient (Wildman–Crippen LogP) is 4.40. The summed E-state index contributed by atoms with van der Waals surface area (Å²) in [6.07, 6.45) is 8.32. The van der Waals surface area contributed by atoms with Gasteiger partial charge in [0.2, 0.25) is 0 Å². The third kappa shape index (κ3) is 6.64. The lowest BCUT2D eigenvalue weighted by atomic mass is 9.84. The molecule has 1 saturated heterocycles. The summed E-state index contributed by atoms with van der Waals surface area (Å²) >= 11 is 1.22. The van der Waals surface area contributed by atoms with Crippen LogP contribution in [0.25, 0.3) is 0 Å². The van der Waals surface area contributed by atoms with Crippen molar-refractivity contribution in [2.24, 2.45) is 5.92 Å². The molecular formula is C26H37N3O4S2. The molecule has 0 spiro atoms. The third-order valence-corrected chi connectivity index (χ3v) is 10.7. The fourth-order valence-corrected chi connectivity index (χ4v) is 8.08. The van der Waals surface area contributed by atoms with Crippen LogP contribution in [-0.2, 0) is 16.6 Å². The Morgan fingerprint density at radius 2 is 1.86 bits per heavy atom. The van der Waals surface area contributed by atoms with Gasteiger partial charge in [-0.2, -0.15) is 4.31 Å². The van der Waals surface area contributed by atoms with E-state index in [-0.39, 0.29) is 12.5 Å². The Balaban J connectivity index is 1.28. The van der Waals surface area contributed by atoms with Gasteiger partial charge in [-0.1, -0.05) is 25.3 Å². The SMILES string of the molecule is COc1cccc(C(=O)NCc2ccc(S(=O)(=O)N3CCC(N[C@H](C)C4CCCCC4)CC3)s2)c1. The minimum Gasteiger partial charge on any atom is -0.497 e. The zero-order valence-electron chi connectivity index (χ0n) is 20.7. The first kappa shape index (κ1) is 26.1. The minimum atomic E-state index is -3.52. The minimum absolute atomic E-state index is 0.223. The highest BCUT2D eigenvalue weighted by Crippen LogP contribution is 2.29. The maximum Gasteiger partial charge on any atom is 0.252 e. The van der Waals surface area contributed by atoms with Crippen LogP contribution in [0.3, 0.4) is 0 Å². The smallest absolute Gasteiger partial charge is 0.252 e. The summed E-state index contributed by atoms with van der Waals surface area (Å²) in [6, 6.07) is 11.2. The summed E-state index contributed by atoms with van der Waals surface area (Å²) in [5.41, 5.74) is 0.503. The van der Waals surface area contributed by atoms with Crippen molar-refractivity contribution >= 4 is 27.3 Å². The summed E-state index contributed by atoms with van der Waals surface area (Å²) in [5, 5.41) is 6.65. The summed E-state index contributed by atoms with van der Waals surface area (Å²) in [7, 11) is -1.96. The highest BCUT2D eigenvalue weighted by atomic mass is 32.2. The van der Waals surface area contributed by atoms with Gasteiger partial charge in [0.15, 0.2) is 0 Å². The number of thiophene rings is 1. The Morgan fingerprint density at radius 1 is 1.11 bits per heavy atom. The largest absolute Gasteiger partial charge is 0.497 e. The van der Waals surface area contributed by atoms with E-state index < -0.39 is 10.0 Å². The lowest BCUT2D eigenvalue weighted by Gasteiger charge is -2.36. The fraction of sp³-hybridized carbons (Fsp3) is 0.577. The number of sulfonamides is 1. The van der Waals surface area contributed by atoms with Gasteiger partial charge in [0.05, 0.1) is 13.7 Å². The molecule has 7 nitrogen and oxygen atoms in total. The maximum absolute atomic E-state index is 13.2. The molecular weight excluding hydrogens is 482 g/mol. The lowest BCUT2D eigenvalue weighted by molar-refractivity contribution is 0.0951. The number of piperidine rings is 1. The van der Waals surface area contributed by atoms with Crippen LogP contribution >= 0.6 is 11.3 Å². The van der Waals surface area contributed by atoms with Gasteiger partial charge in [-0.25, -0.2) is 8.42 Å². The van der Waals surface area contributed by atoms with Crippen LogP contribution in [0.15, 0.2) is 40.6 Å². The third-order valence-electron chi connectivity index (χ3n) is 7.30. The van der Waals surface area contributed by atoms with Crippen molar-refractivity contribution in [3.8, 4) is 5.75 Å². The van der Waals surface area contributed by atoms with Crippen molar-refractivity contribution in [3.63, 3.8) is 0 Å². The monoisotopic (exact) mass is 519 g/mol. The first-order valence-electron chi connectivity index (χ1n) is 12.6. The predicted molar refractivity (Wildman–Crippen MR) is 139 cm³/mol. The number of carbonyl (C=O) groups is 1. The van der Waals surface area contributed by atoms with Gasteiger partial charge < -0.3 is 15.4 Å². The summed E-state index contributed by atoms with van der Waals surface area (Å²) < 4.78 is 33.6. The molecule has 0 radical (unpaired) electrons. The molecule has 2 fully saturated rings. The van der Waals surface area contributed by atoms with E-state index in [4.69, 9.17) is 4.74 Å². The average Bonchev–Trinajstić information content (AvgIpc) is 3.38. The van der Waals surface area contributed by atoms with Crippen molar-refractivity contribution in [1.29, 1.82) is 0 Å². The number of amides is 1. The molecule has 2 aromatic rings. The number of hydrogen-bond donors (Lipinski definition) is 2. The number of methoxy groups -OCH3 is 1. The van der Waals surface area contributed by atoms with E-state index in [1.165, 1.54) is 43.4 Å². The molecule has 1 aliphatic carbocycles. The van der Waals surface area contributed by atoms with Gasteiger partial charge in [-0.3, -0.25) is 4.79 Å². The first-order chi connectivity index (χ1) is 16.9. The van der Waals surface area contributed by atoms with Crippen LogP contribution in [-0.4, -0.2) is 50.9 Å². The van der Waals surface area contributed by atoms with Crippen molar-refractivity contribution < 1.29 is 17.9 Å². The molecule has 1 aromatic heterocycles. The highest BCUT2D eigenvalue weighted by Gasteiger charge is 2.32. The molecule has 0 bridgehead atoms. The van der Waals surface area contributed by atoms with E-state index in [1.54, 1.807) is 47.8 Å². The van der Waals surface area contributed by atoms with Gasteiger partial charge in [0.1, 0.15) is 9.96 Å². The summed E-state index contributed by atoms with van der Waals surface area (Å²) in [4.78, 5) is 13.3. The summed E-state index contributed by atoms with van der Waals surface area (Å²) in [6.45, 7) is 3.65. The number of nitrogens with zero attached hydrogens (tertiary/aromatic N) is 1. The van der Waals surface area contributed by atoms with Crippen molar-refractivity contribution in [3.05, 3.63) is 46.8 Å². The van der Waals surface area contributed by atoms with Crippen molar-refractivity contribution in [2.45, 2.75) is 74.7 Å². The zero-order valence-corrected chi connectivity index (χ0v) is 22.3. The topological polar surface area (TPSA) is 87.7 Å². The Hall–Kier alpha value is -1.94. The maximum atomic E-state index is 13.2. The van der Waals surface area contributed by atoms with E-state index in [0.717, 1.165) is 23.6 Å². The van der Waals surface area contributed by atoms with Crippen LogP contribution in [0.5, 0.6) is 5.75 Å². The molecule has 9 heteroatoms. The molecule has 1 atom stereocenters. The Kier molecular flexibility index (Phi) is 8.86. The van der Waals surface area contributed by atoms with Gasteiger partial charge >= 0.3 is 0 Å². The highest BCUT2D eigenvalue weighted by molar-refractivity contribution is 7.91. The van der Waals surface area contributed by atoms with Crippen molar-refractivity contribution in [1.82, 2.24) is 14.9 Å². The van der Waals surface area contributed by atoms with Gasteiger partial charge in [0, 0.05) is 35.6 Å².